The second kappa shape index (κ2) is 9.41. The number of rotatable bonds is 4. The summed E-state index contributed by atoms with van der Waals surface area (Å²) < 4.78 is 6.72. The van der Waals surface area contributed by atoms with Crippen LogP contribution in [0, 0.1) is 0 Å². The van der Waals surface area contributed by atoms with Gasteiger partial charge in [0, 0.05) is 60.7 Å². The smallest absolute Gasteiger partial charge is 0.248 e. The fraction of sp³-hybridized carbons (Fsp3) is 0.480. The van der Waals surface area contributed by atoms with Crippen LogP contribution in [0.15, 0.2) is 34.8 Å². The Morgan fingerprint density at radius 1 is 1.03 bits per heavy atom. The zero-order chi connectivity index (χ0) is 22.1. The first-order chi connectivity index (χ1) is 15.6. The molecule has 0 aromatic heterocycles. The van der Waals surface area contributed by atoms with Crippen molar-refractivity contribution >= 4 is 33.2 Å². The summed E-state index contributed by atoms with van der Waals surface area (Å²) in [7, 11) is 0. The largest absolute Gasteiger partial charge is 0.378 e. The van der Waals surface area contributed by atoms with Gasteiger partial charge in [0.2, 0.25) is 5.91 Å². The molecule has 2 heterocycles. The lowest BCUT2D eigenvalue weighted by atomic mass is 9.77. The summed E-state index contributed by atoms with van der Waals surface area (Å²) in [6.07, 6.45) is 2.95. The number of carbonyl (C=O) groups is 1. The van der Waals surface area contributed by atoms with Crippen molar-refractivity contribution < 1.29 is 9.53 Å². The van der Waals surface area contributed by atoms with Crippen LogP contribution in [0.1, 0.15) is 39.4 Å². The zero-order valence-electron chi connectivity index (χ0n) is 18.4. The molecule has 2 aliphatic heterocycles. The maximum Gasteiger partial charge on any atom is 0.248 e. The number of nitrogens with zero attached hydrogens (tertiary/aromatic N) is 2. The number of hydrogen-bond acceptors (Lipinski definition) is 5. The van der Waals surface area contributed by atoms with Crippen LogP contribution in [0.2, 0.25) is 0 Å². The third kappa shape index (κ3) is 4.26. The van der Waals surface area contributed by atoms with Gasteiger partial charge < -0.3 is 25.6 Å². The first kappa shape index (κ1) is 21.7. The minimum atomic E-state index is -0.337. The molecule has 0 saturated carbocycles. The van der Waals surface area contributed by atoms with Gasteiger partial charge in [0.15, 0.2) is 0 Å². The molecule has 2 aromatic carbocycles. The summed E-state index contributed by atoms with van der Waals surface area (Å²) in [6, 6.07) is 10.6. The van der Waals surface area contributed by atoms with Crippen molar-refractivity contribution in [2.45, 2.75) is 25.2 Å². The molecule has 1 atom stereocenters. The van der Waals surface area contributed by atoms with Crippen LogP contribution in [0.3, 0.4) is 0 Å². The van der Waals surface area contributed by atoms with E-state index in [1.807, 2.05) is 12.1 Å². The average molecular weight is 499 g/mol. The summed E-state index contributed by atoms with van der Waals surface area (Å²) in [6.45, 7) is 7.32. The average Bonchev–Trinajstić information content (AvgIpc) is 2.85. The van der Waals surface area contributed by atoms with Gasteiger partial charge in [0.05, 0.1) is 13.2 Å². The molecule has 170 valence electrons. The third-order valence-corrected chi connectivity index (χ3v) is 7.86. The maximum absolute atomic E-state index is 12.3. The standard InChI is InChI=1S/C25H31BrN4O2/c26-23-5-6-24(30-9-7-28-8-10-30)22-15-17(1-3-19(22)23)21-16-18(2-4-20(21)25(27)31)29-11-13-32-14-12-29/h2,4-6,16-17,28H,1,3,7-15H2,(H2,27,31). The van der Waals surface area contributed by atoms with Crippen molar-refractivity contribution in [2.24, 2.45) is 5.73 Å². The Bertz CT molecular complexity index is 1000. The maximum atomic E-state index is 12.3. The van der Waals surface area contributed by atoms with E-state index in [9.17, 15) is 4.79 Å². The van der Waals surface area contributed by atoms with Gasteiger partial charge >= 0.3 is 0 Å². The summed E-state index contributed by atoms with van der Waals surface area (Å²) >= 11 is 3.79. The fourth-order valence-corrected chi connectivity index (χ4v) is 5.98. The number of carbonyl (C=O) groups excluding carboxylic acids is 1. The van der Waals surface area contributed by atoms with E-state index in [1.54, 1.807) is 0 Å². The number of nitrogens with two attached hydrogens (primary N) is 1. The highest BCUT2D eigenvalue weighted by Crippen LogP contribution is 2.42. The van der Waals surface area contributed by atoms with Crippen molar-refractivity contribution in [2.75, 3.05) is 62.3 Å². The third-order valence-electron chi connectivity index (χ3n) is 7.12. The van der Waals surface area contributed by atoms with Crippen LogP contribution in [-0.2, 0) is 17.6 Å². The molecular formula is C25H31BrN4O2. The molecule has 1 aliphatic carbocycles. The highest BCUT2D eigenvalue weighted by molar-refractivity contribution is 9.10. The number of anilines is 2. The molecule has 3 N–H and O–H groups in total. The Kier molecular flexibility index (Phi) is 6.40. The Hall–Kier alpha value is -2.09. The van der Waals surface area contributed by atoms with Gasteiger partial charge in [0.1, 0.15) is 0 Å². The van der Waals surface area contributed by atoms with E-state index in [0.29, 0.717) is 5.56 Å². The number of ether oxygens (including phenoxy) is 1. The lowest BCUT2D eigenvalue weighted by Gasteiger charge is -2.36. The zero-order valence-corrected chi connectivity index (χ0v) is 20.0. The van der Waals surface area contributed by atoms with Gasteiger partial charge in [0.25, 0.3) is 0 Å². The number of primary amides is 1. The van der Waals surface area contributed by atoms with Crippen LogP contribution in [0.5, 0.6) is 0 Å². The molecule has 32 heavy (non-hydrogen) atoms. The second-order valence-corrected chi connectivity index (χ2v) is 9.79. The topological polar surface area (TPSA) is 70.8 Å². The van der Waals surface area contributed by atoms with E-state index in [4.69, 9.17) is 10.5 Å². The number of amides is 1. The van der Waals surface area contributed by atoms with Crippen LogP contribution in [0.25, 0.3) is 0 Å². The molecule has 0 spiro atoms. The molecule has 2 fully saturated rings. The highest BCUT2D eigenvalue weighted by Gasteiger charge is 2.29. The van der Waals surface area contributed by atoms with Crippen molar-refractivity contribution in [1.82, 2.24) is 5.32 Å². The monoisotopic (exact) mass is 498 g/mol. The molecule has 3 aliphatic rings. The Morgan fingerprint density at radius 3 is 2.56 bits per heavy atom. The Balaban J connectivity index is 1.50. The predicted octanol–water partition coefficient (Wildman–Crippen LogP) is 3.07. The minimum Gasteiger partial charge on any atom is -0.378 e. The SMILES string of the molecule is NC(=O)c1ccc(N2CCOCC2)cc1C1CCc2c(Br)ccc(N3CCNCC3)c2C1. The van der Waals surface area contributed by atoms with Crippen LogP contribution < -0.4 is 20.9 Å². The second-order valence-electron chi connectivity index (χ2n) is 8.94. The number of nitrogens with one attached hydrogen (secondary N) is 1. The summed E-state index contributed by atoms with van der Waals surface area (Å²) in [4.78, 5) is 17.2. The first-order valence-electron chi connectivity index (χ1n) is 11.6. The van der Waals surface area contributed by atoms with E-state index >= 15 is 0 Å². The van der Waals surface area contributed by atoms with E-state index in [0.717, 1.165) is 83.0 Å². The predicted molar refractivity (Wildman–Crippen MR) is 132 cm³/mol. The van der Waals surface area contributed by atoms with Crippen molar-refractivity contribution in [3.63, 3.8) is 0 Å². The molecule has 6 nitrogen and oxygen atoms in total. The molecule has 2 aromatic rings. The molecule has 1 amide bonds. The van der Waals surface area contributed by atoms with Gasteiger partial charge in [-0.05, 0) is 72.2 Å². The fourth-order valence-electron chi connectivity index (χ4n) is 5.42. The van der Waals surface area contributed by atoms with E-state index in [-0.39, 0.29) is 11.8 Å². The van der Waals surface area contributed by atoms with E-state index in [2.05, 4.69) is 49.2 Å². The molecule has 0 bridgehead atoms. The molecule has 2 saturated heterocycles. The highest BCUT2D eigenvalue weighted by atomic mass is 79.9. The number of halogens is 1. The molecule has 7 heteroatoms. The Morgan fingerprint density at radius 2 is 1.81 bits per heavy atom. The summed E-state index contributed by atoms with van der Waals surface area (Å²) in [5.41, 5.74) is 12.9. The van der Waals surface area contributed by atoms with Crippen LogP contribution in [-0.4, -0.2) is 58.4 Å². The number of fused-ring (bicyclic) bond motifs is 1. The first-order valence-corrected chi connectivity index (χ1v) is 12.4. The van der Waals surface area contributed by atoms with Gasteiger partial charge in [-0.15, -0.1) is 0 Å². The molecule has 1 unspecified atom stereocenters. The number of morpholine rings is 1. The number of benzene rings is 2. The molecule has 0 radical (unpaired) electrons. The quantitative estimate of drug-likeness (QED) is 0.677. The van der Waals surface area contributed by atoms with Crippen LogP contribution in [0.4, 0.5) is 11.4 Å². The van der Waals surface area contributed by atoms with Crippen molar-refractivity contribution in [1.29, 1.82) is 0 Å². The summed E-state index contributed by atoms with van der Waals surface area (Å²) in [5, 5.41) is 3.45. The van der Waals surface area contributed by atoms with Crippen molar-refractivity contribution in [3.05, 3.63) is 57.1 Å². The number of hydrogen-bond donors (Lipinski definition) is 2. The van der Waals surface area contributed by atoms with Crippen LogP contribution >= 0.6 is 15.9 Å². The lowest BCUT2D eigenvalue weighted by molar-refractivity contribution is 0.0998. The minimum absolute atomic E-state index is 0.280. The van der Waals surface area contributed by atoms with E-state index < -0.39 is 0 Å². The summed E-state index contributed by atoms with van der Waals surface area (Å²) in [5.74, 6) is -0.0575. The normalized spacial score (nSPS) is 21.3. The van der Waals surface area contributed by atoms with Gasteiger partial charge in [-0.1, -0.05) is 15.9 Å². The van der Waals surface area contributed by atoms with Gasteiger partial charge in [-0.25, -0.2) is 0 Å². The number of piperazine rings is 1. The Labute approximate surface area is 198 Å². The van der Waals surface area contributed by atoms with Gasteiger partial charge in [-0.2, -0.15) is 0 Å². The molecule has 5 rings (SSSR count). The van der Waals surface area contributed by atoms with E-state index in [1.165, 1.54) is 21.3 Å². The van der Waals surface area contributed by atoms with Gasteiger partial charge in [-0.3, -0.25) is 4.79 Å². The van der Waals surface area contributed by atoms with Crippen molar-refractivity contribution in [3.8, 4) is 0 Å². The molecular weight excluding hydrogens is 468 g/mol. The lowest BCUT2D eigenvalue weighted by Crippen LogP contribution is -2.44.